The van der Waals surface area contributed by atoms with Gasteiger partial charge in [0.15, 0.2) is 0 Å². The molecule has 0 aromatic heterocycles. The number of amides is 1. The smallest absolute Gasteiger partial charge is 0.220 e. The molecule has 2 aliphatic carbocycles. The van der Waals surface area contributed by atoms with E-state index in [1.165, 1.54) is 6.42 Å². The lowest BCUT2D eigenvalue weighted by Gasteiger charge is -2.21. The van der Waals surface area contributed by atoms with Crippen LogP contribution in [0.15, 0.2) is 36.5 Å². The highest BCUT2D eigenvalue weighted by Crippen LogP contribution is 2.34. The molecule has 2 rings (SSSR count). The number of allylic oxidation sites excluding steroid dienone is 5. The van der Waals surface area contributed by atoms with Crippen LogP contribution in [0.5, 0.6) is 0 Å². The summed E-state index contributed by atoms with van der Waals surface area (Å²) >= 11 is 0. The SMILES string of the molecule is C/C=C\C=C\C1CC[C@H](CC(=O)NC2C=CC(C#N)CC2)C1. The van der Waals surface area contributed by atoms with Gasteiger partial charge in [-0.2, -0.15) is 5.26 Å². The number of nitrogens with one attached hydrogen (secondary N) is 1. The normalized spacial score (nSPS) is 31.6. The number of rotatable bonds is 5. The van der Waals surface area contributed by atoms with Crippen molar-refractivity contribution in [2.24, 2.45) is 17.8 Å². The summed E-state index contributed by atoms with van der Waals surface area (Å²) in [5.41, 5.74) is 0. The summed E-state index contributed by atoms with van der Waals surface area (Å²) in [7, 11) is 0. The van der Waals surface area contributed by atoms with Crippen molar-refractivity contribution in [3.63, 3.8) is 0 Å². The molecule has 0 heterocycles. The number of nitrogens with zero attached hydrogens (tertiary/aromatic N) is 1. The highest BCUT2D eigenvalue weighted by Gasteiger charge is 2.25. The van der Waals surface area contributed by atoms with E-state index in [9.17, 15) is 4.79 Å². The first-order valence-corrected chi connectivity index (χ1v) is 8.38. The molecule has 3 heteroatoms. The van der Waals surface area contributed by atoms with Gasteiger partial charge in [0, 0.05) is 12.5 Å². The molecule has 118 valence electrons. The van der Waals surface area contributed by atoms with Crippen molar-refractivity contribution in [3.8, 4) is 6.07 Å². The Morgan fingerprint density at radius 3 is 2.82 bits per heavy atom. The number of hydrogen-bond acceptors (Lipinski definition) is 2. The van der Waals surface area contributed by atoms with E-state index in [0.717, 1.165) is 25.7 Å². The van der Waals surface area contributed by atoms with Gasteiger partial charge in [-0.1, -0.05) is 36.5 Å². The van der Waals surface area contributed by atoms with E-state index in [1.807, 2.05) is 25.2 Å². The number of hydrogen-bond donors (Lipinski definition) is 1. The quantitative estimate of drug-likeness (QED) is 0.618. The Labute approximate surface area is 133 Å². The van der Waals surface area contributed by atoms with Crippen molar-refractivity contribution < 1.29 is 4.79 Å². The molecule has 0 aromatic carbocycles. The zero-order valence-corrected chi connectivity index (χ0v) is 13.4. The fraction of sp³-hybridized carbons (Fsp3) is 0.579. The number of nitriles is 1. The molecule has 1 amide bonds. The molecule has 0 bridgehead atoms. The molecule has 1 saturated carbocycles. The largest absolute Gasteiger partial charge is 0.350 e. The zero-order chi connectivity index (χ0) is 15.8. The minimum absolute atomic E-state index is 0.0210. The predicted molar refractivity (Wildman–Crippen MR) is 88.8 cm³/mol. The monoisotopic (exact) mass is 298 g/mol. The van der Waals surface area contributed by atoms with Crippen molar-refractivity contribution in [1.82, 2.24) is 5.32 Å². The summed E-state index contributed by atoms with van der Waals surface area (Å²) in [4.78, 5) is 12.1. The van der Waals surface area contributed by atoms with Gasteiger partial charge < -0.3 is 5.32 Å². The first-order chi connectivity index (χ1) is 10.7. The predicted octanol–water partition coefficient (Wildman–Crippen LogP) is 3.90. The lowest BCUT2D eigenvalue weighted by Crippen LogP contribution is -2.35. The van der Waals surface area contributed by atoms with Crippen LogP contribution in [0.4, 0.5) is 0 Å². The lowest BCUT2D eigenvalue weighted by atomic mass is 9.93. The third-order valence-electron chi connectivity index (χ3n) is 4.62. The Kier molecular flexibility index (Phi) is 6.45. The molecule has 22 heavy (non-hydrogen) atoms. The summed E-state index contributed by atoms with van der Waals surface area (Å²) in [6, 6.07) is 2.37. The first-order valence-electron chi connectivity index (χ1n) is 8.38. The molecule has 4 atom stereocenters. The van der Waals surface area contributed by atoms with Crippen molar-refractivity contribution in [2.45, 2.75) is 51.5 Å². The summed E-state index contributed by atoms with van der Waals surface area (Å²) in [6.45, 7) is 2.02. The molecule has 3 nitrogen and oxygen atoms in total. The van der Waals surface area contributed by atoms with Crippen LogP contribution >= 0.6 is 0 Å². The Bertz CT molecular complexity index is 498. The minimum Gasteiger partial charge on any atom is -0.350 e. The van der Waals surface area contributed by atoms with E-state index in [2.05, 4.69) is 29.6 Å². The first kappa shape index (κ1) is 16.5. The van der Waals surface area contributed by atoms with Crippen molar-refractivity contribution in [2.75, 3.05) is 0 Å². The fourth-order valence-corrected chi connectivity index (χ4v) is 3.38. The summed E-state index contributed by atoms with van der Waals surface area (Å²) in [5, 5.41) is 11.9. The van der Waals surface area contributed by atoms with Gasteiger partial charge in [0.05, 0.1) is 12.0 Å². The number of carbonyl (C=O) groups is 1. The van der Waals surface area contributed by atoms with E-state index >= 15 is 0 Å². The van der Waals surface area contributed by atoms with Gasteiger partial charge in [-0.15, -0.1) is 0 Å². The van der Waals surface area contributed by atoms with Crippen molar-refractivity contribution in [3.05, 3.63) is 36.5 Å². The molecule has 0 spiro atoms. The van der Waals surface area contributed by atoms with E-state index in [0.29, 0.717) is 18.3 Å². The number of carbonyl (C=O) groups excluding carboxylic acids is 1. The van der Waals surface area contributed by atoms with Crippen LogP contribution in [-0.2, 0) is 4.79 Å². The van der Waals surface area contributed by atoms with Crippen LogP contribution in [0.3, 0.4) is 0 Å². The Morgan fingerprint density at radius 2 is 2.14 bits per heavy atom. The Balaban J connectivity index is 1.71. The van der Waals surface area contributed by atoms with Gasteiger partial charge >= 0.3 is 0 Å². The minimum atomic E-state index is 0.0210. The molecule has 0 aromatic rings. The lowest BCUT2D eigenvalue weighted by molar-refractivity contribution is -0.122. The highest BCUT2D eigenvalue weighted by molar-refractivity contribution is 5.76. The van der Waals surface area contributed by atoms with Gasteiger partial charge in [-0.25, -0.2) is 0 Å². The average Bonchev–Trinajstić information content (AvgIpc) is 2.95. The highest BCUT2D eigenvalue weighted by atomic mass is 16.1. The molecular weight excluding hydrogens is 272 g/mol. The van der Waals surface area contributed by atoms with Gasteiger partial charge in [0.25, 0.3) is 0 Å². The average molecular weight is 298 g/mol. The second-order valence-corrected chi connectivity index (χ2v) is 6.43. The van der Waals surface area contributed by atoms with Gasteiger partial charge in [-0.05, 0) is 50.9 Å². The summed E-state index contributed by atoms with van der Waals surface area (Å²) in [5.74, 6) is 1.32. The van der Waals surface area contributed by atoms with Crippen molar-refractivity contribution >= 4 is 5.91 Å². The molecular formula is C19H26N2O. The molecule has 0 saturated heterocycles. The van der Waals surface area contributed by atoms with E-state index < -0.39 is 0 Å². The molecule has 0 aliphatic heterocycles. The maximum absolute atomic E-state index is 12.1. The molecule has 3 unspecified atom stereocenters. The molecule has 0 radical (unpaired) electrons. The van der Waals surface area contributed by atoms with E-state index in [4.69, 9.17) is 5.26 Å². The van der Waals surface area contributed by atoms with Gasteiger partial charge in [-0.3, -0.25) is 4.79 Å². The maximum atomic E-state index is 12.1. The van der Waals surface area contributed by atoms with Crippen LogP contribution in [0.2, 0.25) is 0 Å². The van der Waals surface area contributed by atoms with E-state index in [-0.39, 0.29) is 17.9 Å². The third kappa shape index (κ3) is 5.18. The Hall–Kier alpha value is -1.82. The van der Waals surface area contributed by atoms with Crippen LogP contribution < -0.4 is 5.32 Å². The summed E-state index contributed by atoms with van der Waals surface area (Å²) in [6.07, 6.45) is 18.2. The van der Waals surface area contributed by atoms with Crippen LogP contribution in [0.1, 0.15) is 45.4 Å². The van der Waals surface area contributed by atoms with Crippen LogP contribution in [-0.4, -0.2) is 11.9 Å². The third-order valence-corrected chi connectivity index (χ3v) is 4.62. The zero-order valence-electron chi connectivity index (χ0n) is 13.4. The second kappa shape index (κ2) is 8.58. The Morgan fingerprint density at radius 1 is 1.27 bits per heavy atom. The summed E-state index contributed by atoms with van der Waals surface area (Å²) < 4.78 is 0. The maximum Gasteiger partial charge on any atom is 0.220 e. The van der Waals surface area contributed by atoms with Gasteiger partial charge in [0.2, 0.25) is 5.91 Å². The van der Waals surface area contributed by atoms with Gasteiger partial charge in [0.1, 0.15) is 0 Å². The van der Waals surface area contributed by atoms with E-state index in [1.54, 1.807) is 0 Å². The van der Waals surface area contributed by atoms with Crippen LogP contribution in [0, 0.1) is 29.1 Å². The molecule has 1 N–H and O–H groups in total. The standard InChI is InChI=1S/C19H26N2O/c1-2-3-4-5-15-6-7-17(12-15)13-19(22)21-18-10-8-16(14-20)9-11-18/h2-5,8,10,15-18H,6-7,9,11-13H2,1H3,(H,21,22)/b3-2-,5-4+/t15?,16?,17-,18?/m0/s1. The fourth-order valence-electron chi connectivity index (χ4n) is 3.38. The molecule has 2 aliphatic rings. The van der Waals surface area contributed by atoms with Crippen LogP contribution in [0.25, 0.3) is 0 Å². The van der Waals surface area contributed by atoms with Crippen molar-refractivity contribution in [1.29, 1.82) is 5.26 Å². The molecule has 1 fully saturated rings. The second-order valence-electron chi connectivity index (χ2n) is 6.43. The topological polar surface area (TPSA) is 52.9 Å².